The number of fused-ring (bicyclic) bond motifs is 1. The van der Waals surface area contributed by atoms with Gasteiger partial charge in [0.05, 0.1) is 28.7 Å². The summed E-state index contributed by atoms with van der Waals surface area (Å²) in [6, 6.07) is -0.152. The second-order valence-electron chi connectivity index (χ2n) is 8.40. The summed E-state index contributed by atoms with van der Waals surface area (Å²) in [5.41, 5.74) is -0.691. The van der Waals surface area contributed by atoms with Gasteiger partial charge in [0.15, 0.2) is 17.0 Å². The Labute approximate surface area is 193 Å². The molecule has 1 aliphatic carbocycles. The van der Waals surface area contributed by atoms with E-state index in [0.29, 0.717) is 44.7 Å². The van der Waals surface area contributed by atoms with Crippen LogP contribution in [-0.2, 0) is 17.0 Å². The van der Waals surface area contributed by atoms with Crippen LogP contribution in [0.5, 0.6) is 5.88 Å². The van der Waals surface area contributed by atoms with Crippen molar-refractivity contribution in [2.24, 2.45) is 0 Å². The number of ether oxygens (including phenoxy) is 2. The molecule has 0 atom stereocenters. The third-order valence-corrected chi connectivity index (χ3v) is 6.27. The van der Waals surface area contributed by atoms with Crippen LogP contribution < -0.4 is 4.74 Å². The van der Waals surface area contributed by atoms with Gasteiger partial charge in [0.2, 0.25) is 5.28 Å². The molecule has 176 valence electrons. The van der Waals surface area contributed by atoms with Crippen LogP contribution in [0.25, 0.3) is 11.0 Å². The van der Waals surface area contributed by atoms with Gasteiger partial charge in [-0.3, -0.25) is 14.8 Å². The molecule has 1 aliphatic heterocycles. The molecule has 0 spiro atoms. The highest BCUT2D eigenvalue weighted by molar-refractivity contribution is 6.28. The van der Waals surface area contributed by atoms with Crippen LogP contribution in [0.3, 0.4) is 0 Å². The molecule has 3 aromatic heterocycles. The molecule has 0 N–H and O–H groups in total. The van der Waals surface area contributed by atoms with Gasteiger partial charge in [-0.15, -0.1) is 5.10 Å². The zero-order valence-electron chi connectivity index (χ0n) is 18.0. The van der Waals surface area contributed by atoms with Gasteiger partial charge < -0.3 is 9.47 Å². The summed E-state index contributed by atoms with van der Waals surface area (Å²) in [5, 5.41) is 21.6. The Hall–Kier alpha value is -2.86. The smallest absolute Gasteiger partial charge is 0.356 e. The van der Waals surface area contributed by atoms with Crippen LogP contribution in [0.1, 0.15) is 49.5 Å². The van der Waals surface area contributed by atoms with Crippen molar-refractivity contribution in [1.29, 1.82) is 0 Å². The number of nitrogens with zero attached hydrogens (tertiary/aromatic N) is 7. The first-order valence-corrected chi connectivity index (χ1v) is 11.3. The third kappa shape index (κ3) is 4.12. The zero-order valence-corrected chi connectivity index (χ0v) is 18.8. The molecule has 2 fully saturated rings. The molecule has 0 bridgehead atoms. The molecule has 5 rings (SSSR count). The lowest BCUT2D eigenvalue weighted by Crippen LogP contribution is -2.24. The maximum absolute atomic E-state index is 15.2. The summed E-state index contributed by atoms with van der Waals surface area (Å²) >= 11 is 5.91. The van der Waals surface area contributed by atoms with E-state index in [1.54, 1.807) is 10.9 Å². The summed E-state index contributed by atoms with van der Waals surface area (Å²) in [6.45, 7) is 3.47. The van der Waals surface area contributed by atoms with Gasteiger partial charge in [-0.25, -0.2) is 14.1 Å². The van der Waals surface area contributed by atoms with E-state index >= 15 is 4.39 Å². The molecular weight excluding hydrogens is 457 g/mol. The predicted molar refractivity (Wildman–Crippen MR) is 115 cm³/mol. The van der Waals surface area contributed by atoms with Crippen molar-refractivity contribution < 1.29 is 18.8 Å². The number of halogens is 2. The van der Waals surface area contributed by atoms with Crippen molar-refractivity contribution in [3.8, 4) is 5.88 Å². The Morgan fingerprint density at radius 2 is 2.12 bits per heavy atom. The third-order valence-electron chi connectivity index (χ3n) is 6.08. The number of aromatic nitrogens is 6. The normalized spacial score (nSPS) is 18.0. The second-order valence-corrected chi connectivity index (χ2v) is 8.74. The minimum atomic E-state index is -1.72. The largest absolute Gasteiger partial charge is 0.472 e. The van der Waals surface area contributed by atoms with Gasteiger partial charge in [-0.05, 0) is 44.2 Å². The molecule has 13 heteroatoms. The van der Waals surface area contributed by atoms with Gasteiger partial charge in [-0.1, -0.05) is 0 Å². The van der Waals surface area contributed by atoms with Crippen molar-refractivity contribution in [3.63, 3.8) is 0 Å². The average Bonchev–Trinajstić information content (AvgIpc) is 3.30. The Morgan fingerprint density at radius 1 is 1.36 bits per heavy atom. The molecule has 0 amide bonds. The lowest BCUT2D eigenvalue weighted by Gasteiger charge is -2.24. The van der Waals surface area contributed by atoms with Crippen LogP contribution in [0, 0.1) is 17.0 Å². The first-order chi connectivity index (χ1) is 15.9. The monoisotopic (exact) mass is 479 g/mol. The van der Waals surface area contributed by atoms with Gasteiger partial charge in [-0.2, -0.15) is 10.1 Å². The highest BCUT2D eigenvalue weighted by Gasteiger charge is 2.54. The number of hydrogen-bond donors (Lipinski definition) is 0. The Kier molecular flexibility index (Phi) is 5.65. The van der Waals surface area contributed by atoms with Gasteiger partial charge >= 0.3 is 11.6 Å². The molecule has 4 heterocycles. The van der Waals surface area contributed by atoms with E-state index in [2.05, 4.69) is 20.2 Å². The highest BCUT2D eigenvalue weighted by Crippen LogP contribution is 2.55. The first-order valence-electron chi connectivity index (χ1n) is 10.9. The van der Waals surface area contributed by atoms with E-state index < -0.39 is 10.6 Å². The average molecular weight is 480 g/mol. The van der Waals surface area contributed by atoms with Crippen LogP contribution in [0.4, 0.5) is 10.1 Å². The minimum Gasteiger partial charge on any atom is -0.472 e. The van der Waals surface area contributed by atoms with E-state index in [1.165, 1.54) is 4.68 Å². The molecular formula is C20H23ClFN7O4. The zero-order chi connectivity index (χ0) is 23.2. The topological polar surface area (TPSA) is 123 Å². The van der Waals surface area contributed by atoms with Crippen LogP contribution in [-0.4, -0.2) is 54.3 Å². The van der Waals surface area contributed by atoms with Crippen molar-refractivity contribution in [1.82, 2.24) is 29.5 Å². The fraction of sp³-hybridized carbons (Fsp3) is 0.600. The fourth-order valence-corrected chi connectivity index (χ4v) is 4.38. The second kappa shape index (κ2) is 8.49. The Bertz CT molecular complexity index is 1200. The van der Waals surface area contributed by atoms with Crippen LogP contribution in [0.2, 0.25) is 5.28 Å². The molecule has 0 unspecified atom stereocenters. The number of nitro groups is 1. The van der Waals surface area contributed by atoms with Crippen molar-refractivity contribution in [3.05, 3.63) is 33.0 Å². The van der Waals surface area contributed by atoms with E-state index in [0.717, 1.165) is 11.1 Å². The number of rotatable bonds is 8. The van der Waals surface area contributed by atoms with E-state index in [9.17, 15) is 10.1 Å². The minimum absolute atomic E-state index is 0.0226. The van der Waals surface area contributed by atoms with E-state index in [1.807, 2.05) is 6.92 Å². The summed E-state index contributed by atoms with van der Waals surface area (Å²) < 4.78 is 29.5. The molecule has 2 aliphatic rings. The number of aryl methyl sites for hydroxylation is 2. The Balaban J connectivity index is 1.35. The van der Waals surface area contributed by atoms with Gasteiger partial charge in [0.25, 0.3) is 0 Å². The molecule has 1 saturated carbocycles. The van der Waals surface area contributed by atoms with Gasteiger partial charge in [0, 0.05) is 32.4 Å². The maximum Gasteiger partial charge on any atom is 0.356 e. The fourth-order valence-electron chi connectivity index (χ4n) is 4.25. The molecule has 11 nitrogen and oxygen atoms in total. The SMILES string of the molecule is Cc1nn(CCCOc2nn(C3CCOCC3)c(C3(F)CC3)c2[N+](=O)[O-])c2nc(Cl)ncc12. The maximum atomic E-state index is 15.2. The molecule has 33 heavy (non-hydrogen) atoms. The van der Waals surface area contributed by atoms with Crippen molar-refractivity contribution in [2.75, 3.05) is 19.8 Å². The van der Waals surface area contributed by atoms with Crippen LogP contribution >= 0.6 is 11.6 Å². The predicted octanol–water partition coefficient (Wildman–Crippen LogP) is 3.67. The molecule has 1 saturated heterocycles. The van der Waals surface area contributed by atoms with Crippen LogP contribution in [0.15, 0.2) is 6.20 Å². The van der Waals surface area contributed by atoms with Gasteiger partial charge in [0.1, 0.15) is 0 Å². The summed E-state index contributed by atoms with van der Waals surface area (Å²) in [6.07, 6.45) is 3.85. The molecule has 3 aromatic rings. The summed E-state index contributed by atoms with van der Waals surface area (Å²) in [4.78, 5) is 19.5. The quantitative estimate of drug-likeness (QED) is 0.207. The first kappa shape index (κ1) is 22.0. The van der Waals surface area contributed by atoms with E-state index in [-0.39, 0.29) is 48.0 Å². The lowest BCUT2D eigenvalue weighted by molar-refractivity contribution is -0.387. The molecule has 0 radical (unpaired) electrons. The summed E-state index contributed by atoms with van der Waals surface area (Å²) in [7, 11) is 0. The molecule has 0 aromatic carbocycles. The highest BCUT2D eigenvalue weighted by atomic mass is 35.5. The Morgan fingerprint density at radius 3 is 2.82 bits per heavy atom. The van der Waals surface area contributed by atoms with Crippen molar-refractivity contribution >= 4 is 28.3 Å². The standard InChI is InChI=1S/C20H23ClFN7O4/c1-12-14-11-23-19(21)24-17(14)27(25-12)7-2-8-33-18-15(29(30)31)16(20(22)5-6-20)28(26-18)13-3-9-32-10-4-13/h11,13H,2-10H2,1H3. The van der Waals surface area contributed by atoms with E-state index in [4.69, 9.17) is 21.1 Å². The lowest BCUT2D eigenvalue weighted by atomic mass is 10.1. The number of hydrogen-bond acceptors (Lipinski definition) is 8. The van der Waals surface area contributed by atoms with Crippen molar-refractivity contribution in [2.45, 2.75) is 57.3 Å². The number of alkyl halides is 1. The summed E-state index contributed by atoms with van der Waals surface area (Å²) in [5.74, 6) is -0.141.